The monoisotopic (exact) mass is 413 g/mol. The van der Waals surface area contributed by atoms with Crippen molar-refractivity contribution in [3.63, 3.8) is 0 Å². The highest BCUT2D eigenvalue weighted by molar-refractivity contribution is 5.81. The van der Waals surface area contributed by atoms with Gasteiger partial charge in [-0.15, -0.1) is 0 Å². The molecular weight excluding hydrogens is 370 g/mol. The fourth-order valence-electron chi connectivity index (χ4n) is 3.59. The molecule has 0 aromatic rings. The topological polar surface area (TPSA) is 73.9 Å². The Balaban J connectivity index is 2.89. The van der Waals surface area contributed by atoms with E-state index >= 15 is 0 Å². The van der Waals surface area contributed by atoms with E-state index < -0.39 is 23.7 Å². The summed E-state index contributed by atoms with van der Waals surface area (Å²) in [6.07, 6.45) is 3.41. The summed E-state index contributed by atoms with van der Waals surface area (Å²) in [7, 11) is 0. The molecule has 0 bridgehead atoms. The van der Waals surface area contributed by atoms with Crippen molar-refractivity contribution in [3.05, 3.63) is 0 Å². The molecule has 0 aromatic heterocycles. The fraction of sp³-hybridized carbons (Fsp3) is 0.913. The minimum atomic E-state index is -0.693. The van der Waals surface area contributed by atoms with E-state index in [0.29, 0.717) is 30.8 Å². The third-order valence-electron chi connectivity index (χ3n) is 5.01. The zero-order chi connectivity index (χ0) is 22.2. The van der Waals surface area contributed by atoms with Crippen molar-refractivity contribution in [2.75, 3.05) is 6.61 Å². The van der Waals surface area contributed by atoms with Gasteiger partial charge in [0.1, 0.15) is 17.7 Å². The van der Waals surface area contributed by atoms with Gasteiger partial charge in [0.05, 0.1) is 6.10 Å². The summed E-state index contributed by atoms with van der Waals surface area (Å²) in [5.41, 5.74) is -0.614. The van der Waals surface area contributed by atoms with Gasteiger partial charge in [-0.2, -0.15) is 0 Å². The number of cyclic esters (lactones) is 1. The van der Waals surface area contributed by atoms with E-state index in [1.54, 1.807) is 20.8 Å². The molecule has 1 saturated heterocycles. The van der Waals surface area contributed by atoms with Crippen molar-refractivity contribution >= 4 is 12.1 Å². The standard InChI is InChI=1S/C23H43NO5/c1-15(2)12-13-18-10-9-11-19(24-22(26)29-23(6,7)8)21(25)28-17(5)20(18)27-14-16(3)4/h15-20H,9-14H2,1-8H3,(H,24,26)/t17-,18+,19-,20-/m0/s1. The van der Waals surface area contributed by atoms with Crippen LogP contribution in [0, 0.1) is 17.8 Å². The van der Waals surface area contributed by atoms with Crippen LogP contribution >= 0.6 is 0 Å². The van der Waals surface area contributed by atoms with Gasteiger partial charge in [0, 0.05) is 6.61 Å². The Morgan fingerprint density at radius 3 is 2.38 bits per heavy atom. The Morgan fingerprint density at radius 1 is 1.17 bits per heavy atom. The van der Waals surface area contributed by atoms with Crippen LogP contribution in [0.25, 0.3) is 0 Å². The molecule has 6 nitrogen and oxygen atoms in total. The zero-order valence-electron chi connectivity index (χ0n) is 19.7. The minimum absolute atomic E-state index is 0.125. The first-order chi connectivity index (χ1) is 13.4. The summed E-state index contributed by atoms with van der Waals surface area (Å²) in [6, 6.07) is -0.693. The lowest BCUT2D eigenvalue weighted by Crippen LogP contribution is -2.46. The minimum Gasteiger partial charge on any atom is -0.458 e. The van der Waals surface area contributed by atoms with Crippen molar-refractivity contribution in [1.82, 2.24) is 5.32 Å². The van der Waals surface area contributed by atoms with E-state index in [1.165, 1.54) is 0 Å². The molecule has 0 unspecified atom stereocenters. The predicted octanol–water partition coefficient (Wildman–Crippen LogP) is 5.09. The third-order valence-corrected chi connectivity index (χ3v) is 5.01. The van der Waals surface area contributed by atoms with Crippen LogP contribution in [-0.2, 0) is 19.0 Å². The van der Waals surface area contributed by atoms with Crippen LogP contribution < -0.4 is 5.32 Å². The molecule has 1 aliphatic rings. The van der Waals surface area contributed by atoms with Crippen LogP contribution in [0.5, 0.6) is 0 Å². The van der Waals surface area contributed by atoms with Gasteiger partial charge in [-0.1, -0.05) is 40.5 Å². The van der Waals surface area contributed by atoms with Crippen molar-refractivity contribution < 1.29 is 23.8 Å². The number of carbonyl (C=O) groups is 2. The van der Waals surface area contributed by atoms with Crippen molar-refractivity contribution in [2.24, 2.45) is 17.8 Å². The van der Waals surface area contributed by atoms with E-state index in [1.807, 2.05) is 6.92 Å². The number of amides is 1. The molecule has 0 aromatic carbocycles. The van der Waals surface area contributed by atoms with Crippen molar-refractivity contribution in [2.45, 2.75) is 111 Å². The van der Waals surface area contributed by atoms with Gasteiger partial charge in [-0.05, 0) is 64.7 Å². The van der Waals surface area contributed by atoms with Gasteiger partial charge < -0.3 is 19.5 Å². The lowest BCUT2D eigenvalue weighted by atomic mass is 9.86. The molecule has 1 rings (SSSR count). The van der Waals surface area contributed by atoms with Gasteiger partial charge in [0.2, 0.25) is 0 Å². The molecule has 0 aliphatic carbocycles. The second-order valence-corrected chi connectivity index (χ2v) is 10.2. The van der Waals surface area contributed by atoms with Gasteiger partial charge in [-0.25, -0.2) is 9.59 Å². The Morgan fingerprint density at radius 2 is 1.83 bits per heavy atom. The maximum atomic E-state index is 12.7. The summed E-state index contributed by atoms with van der Waals surface area (Å²) in [5, 5.41) is 2.69. The quantitative estimate of drug-likeness (QED) is 0.589. The summed E-state index contributed by atoms with van der Waals surface area (Å²) in [5.74, 6) is 0.955. The SMILES string of the molecule is CC(C)CC[C@H]1CCC[C@H](NC(=O)OC(C)(C)C)C(=O)O[C@@H](C)[C@@H]1OCC(C)C. The van der Waals surface area contributed by atoms with E-state index in [0.717, 1.165) is 25.7 Å². The summed E-state index contributed by atoms with van der Waals surface area (Å²) in [4.78, 5) is 24.9. The smallest absolute Gasteiger partial charge is 0.408 e. The number of esters is 1. The highest BCUT2D eigenvalue weighted by Gasteiger charge is 2.35. The van der Waals surface area contributed by atoms with Crippen LogP contribution in [0.15, 0.2) is 0 Å². The van der Waals surface area contributed by atoms with Crippen LogP contribution in [0.3, 0.4) is 0 Å². The van der Waals surface area contributed by atoms with Gasteiger partial charge in [-0.3, -0.25) is 0 Å². The molecule has 1 amide bonds. The van der Waals surface area contributed by atoms with Gasteiger partial charge in [0.15, 0.2) is 0 Å². The first kappa shape index (κ1) is 25.7. The lowest BCUT2D eigenvalue weighted by Gasteiger charge is -2.32. The average Bonchev–Trinajstić information content (AvgIpc) is 2.59. The first-order valence-electron chi connectivity index (χ1n) is 11.2. The normalized spacial score (nSPS) is 26.5. The van der Waals surface area contributed by atoms with Crippen LogP contribution in [0.4, 0.5) is 4.79 Å². The van der Waals surface area contributed by atoms with Crippen LogP contribution in [0.2, 0.25) is 0 Å². The van der Waals surface area contributed by atoms with Crippen molar-refractivity contribution in [1.29, 1.82) is 0 Å². The van der Waals surface area contributed by atoms with E-state index in [4.69, 9.17) is 14.2 Å². The molecular formula is C23H43NO5. The molecule has 1 N–H and O–H groups in total. The summed E-state index contributed by atoms with van der Waals surface area (Å²) in [6.45, 7) is 16.6. The van der Waals surface area contributed by atoms with E-state index in [-0.39, 0.29) is 12.2 Å². The fourth-order valence-corrected chi connectivity index (χ4v) is 3.59. The Hall–Kier alpha value is -1.30. The molecule has 1 aliphatic heterocycles. The number of ether oxygens (including phenoxy) is 3. The zero-order valence-corrected chi connectivity index (χ0v) is 19.7. The largest absolute Gasteiger partial charge is 0.458 e. The number of rotatable bonds is 7. The number of hydrogen-bond acceptors (Lipinski definition) is 5. The molecule has 0 radical (unpaired) electrons. The van der Waals surface area contributed by atoms with Gasteiger partial charge >= 0.3 is 12.1 Å². The molecule has 0 saturated carbocycles. The molecule has 1 fully saturated rings. The summed E-state index contributed by atoms with van der Waals surface area (Å²) < 4.78 is 17.3. The average molecular weight is 414 g/mol. The van der Waals surface area contributed by atoms with E-state index in [2.05, 4.69) is 33.0 Å². The summed E-state index contributed by atoms with van der Waals surface area (Å²) >= 11 is 0. The highest BCUT2D eigenvalue weighted by atomic mass is 16.6. The Bertz CT molecular complexity index is 512. The number of carbonyl (C=O) groups excluding carboxylic acids is 2. The molecule has 0 spiro atoms. The van der Waals surface area contributed by atoms with Crippen LogP contribution in [-0.4, -0.2) is 42.5 Å². The number of nitrogens with one attached hydrogen (secondary N) is 1. The molecule has 4 atom stereocenters. The first-order valence-corrected chi connectivity index (χ1v) is 11.2. The predicted molar refractivity (Wildman–Crippen MR) is 115 cm³/mol. The highest BCUT2D eigenvalue weighted by Crippen LogP contribution is 2.29. The molecule has 29 heavy (non-hydrogen) atoms. The second-order valence-electron chi connectivity index (χ2n) is 10.2. The number of hydrogen-bond donors (Lipinski definition) is 1. The Labute approximate surface area is 177 Å². The molecule has 1 heterocycles. The second kappa shape index (κ2) is 11.8. The lowest BCUT2D eigenvalue weighted by molar-refractivity contribution is -0.162. The van der Waals surface area contributed by atoms with E-state index in [9.17, 15) is 9.59 Å². The molecule has 6 heteroatoms. The van der Waals surface area contributed by atoms with Crippen LogP contribution in [0.1, 0.15) is 87.5 Å². The maximum Gasteiger partial charge on any atom is 0.408 e. The maximum absolute atomic E-state index is 12.7. The van der Waals surface area contributed by atoms with Crippen molar-refractivity contribution in [3.8, 4) is 0 Å². The molecule has 170 valence electrons. The Kier molecular flexibility index (Phi) is 10.4. The third kappa shape index (κ3) is 10.3. The number of alkyl carbamates (subject to hydrolysis) is 1. The van der Waals surface area contributed by atoms with Gasteiger partial charge in [0.25, 0.3) is 0 Å².